The number of hydrogen-bond acceptors (Lipinski definition) is 4. The van der Waals surface area contributed by atoms with Gasteiger partial charge < -0.3 is 10.1 Å². The monoisotopic (exact) mass is 410 g/mol. The van der Waals surface area contributed by atoms with Gasteiger partial charge in [0.2, 0.25) is 0 Å². The summed E-state index contributed by atoms with van der Waals surface area (Å²) in [6.07, 6.45) is -0.0403. The number of hydrogen-bond donors (Lipinski definition) is 1. The predicted octanol–water partition coefficient (Wildman–Crippen LogP) is 4.74. The zero-order valence-electron chi connectivity index (χ0n) is 16.4. The van der Waals surface area contributed by atoms with Crippen LogP contribution in [0.25, 0.3) is 10.9 Å². The molecule has 29 heavy (non-hydrogen) atoms. The van der Waals surface area contributed by atoms with E-state index < -0.39 is 12.1 Å². The maximum absolute atomic E-state index is 12.7. The fourth-order valence-electron chi connectivity index (χ4n) is 3.18. The summed E-state index contributed by atoms with van der Waals surface area (Å²) in [5.41, 5.74) is 2.05. The molecule has 0 radical (unpaired) electrons. The van der Waals surface area contributed by atoms with Crippen molar-refractivity contribution in [2.24, 2.45) is 0 Å². The van der Waals surface area contributed by atoms with Crippen LogP contribution in [0.15, 0.2) is 60.7 Å². The molecule has 0 aliphatic carbocycles. The lowest BCUT2D eigenvalue weighted by molar-refractivity contribution is -0.129. The van der Waals surface area contributed by atoms with Crippen LogP contribution in [0.1, 0.15) is 42.1 Å². The number of halogens is 1. The zero-order chi connectivity index (χ0) is 20.8. The molecule has 0 fully saturated rings. The van der Waals surface area contributed by atoms with Crippen LogP contribution in [-0.4, -0.2) is 29.5 Å². The van der Waals surface area contributed by atoms with Crippen molar-refractivity contribution in [2.75, 3.05) is 6.54 Å². The first-order valence-electron chi connectivity index (χ1n) is 9.58. The number of aromatic nitrogens is 1. The Balaban J connectivity index is 1.65. The fourth-order valence-corrected chi connectivity index (χ4v) is 3.38. The Morgan fingerprint density at radius 1 is 1.10 bits per heavy atom. The highest BCUT2D eigenvalue weighted by molar-refractivity contribution is 6.30. The summed E-state index contributed by atoms with van der Waals surface area (Å²) in [6, 6.07) is 18.6. The van der Waals surface area contributed by atoms with Crippen LogP contribution in [0.5, 0.6) is 0 Å². The second-order valence-corrected chi connectivity index (χ2v) is 7.21. The molecule has 0 spiro atoms. The minimum absolute atomic E-state index is 0.196. The van der Waals surface area contributed by atoms with E-state index in [-0.39, 0.29) is 22.5 Å². The van der Waals surface area contributed by atoms with Crippen LogP contribution < -0.4 is 5.32 Å². The molecule has 2 aromatic carbocycles. The van der Waals surface area contributed by atoms with Crippen LogP contribution in [0.2, 0.25) is 5.15 Å². The van der Waals surface area contributed by atoms with Crippen LogP contribution in [0.3, 0.4) is 0 Å². The molecule has 0 aliphatic rings. The Labute approximate surface area is 175 Å². The molecular weight excluding hydrogens is 388 g/mol. The molecule has 3 aromatic rings. The minimum atomic E-state index is -0.929. The summed E-state index contributed by atoms with van der Waals surface area (Å²) >= 11 is 6.03. The highest BCUT2D eigenvalue weighted by atomic mass is 35.5. The number of nitrogens with one attached hydrogen (secondary N) is 1. The largest absolute Gasteiger partial charge is 0.449 e. The second kappa shape index (κ2) is 9.52. The summed E-state index contributed by atoms with van der Waals surface area (Å²) in [6.45, 7) is 4.11. The van der Waals surface area contributed by atoms with Crippen molar-refractivity contribution in [1.82, 2.24) is 10.3 Å². The standard InChI is InChI=1S/C23H23ClN2O3/c1-3-16(17-9-5-4-6-10-17)14-25-22(27)15(2)29-23(28)19-13-21(24)26-20-12-8-7-11-18(19)20/h4-13,15-16H,3,14H2,1-2H3,(H,25,27)/t15-,16-/m1/s1. The normalized spacial score (nSPS) is 12.9. The van der Waals surface area contributed by atoms with Gasteiger partial charge in [-0.2, -0.15) is 0 Å². The van der Waals surface area contributed by atoms with E-state index in [2.05, 4.69) is 17.2 Å². The third-order valence-electron chi connectivity index (χ3n) is 4.84. The number of amides is 1. The van der Waals surface area contributed by atoms with Crippen LogP contribution >= 0.6 is 11.6 Å². The van der Waals surface area contributed by atoms with E-state index in [1.54, 1.807) is 25.1 Å². The van der Waals surface area contributed by atoms with Crippen molar-refractivity contribution in [2.45, 2.75) is 32.3 Å². The molecule has 0 saturated carbocycles. The first-order chi connectivity index (χ1) is 14.0. The number of rotatable bonds is 7. The van der Waals surface area contributed by atoms with Crippen LogP contribution in [-0.2, 0) is 9.53 Å². The molecule has 5 nitrogen and oxygen atoms in total. The van der Waals surface area contributed by atoms with Crippen molar-refractivity contribution in [3.8, 4) is 0 Å². The van der Waals surface area contributed by atoms with E-state index >= 15 is 0 Å². The summed E-state index contributed by atoms with van der Waals surface area (Å²) < 4.78 is 5.40. The van der Waals surface area contributed by atoms with Gasteiger partial charge in [0, 0.05) is 17.8 Å². The molecule has 0 saturated heterocycles. The highest BCUT2D eigenvalue weighted by Gasteiger charge is 2.22. The van der Waals surface area contributed by atoms with Gasteiger partial charge in [-0.1, -0.05) is 67.1 Å². The average molecular weight is 411 g/mol. The molecule has 0 unspecified atom stereocenters. The molecule has 1 amide bonds. The van der Waals surface area contributed by atoms with Crippen molar-refractivity contribution < 1.29 is 14.3 Å². The zero-order valence-corrected chi connectivity index (χ0v) is 17.1. The molecule has 1 aromatic heterocycles. The van der Waals surface area contributed by atoms with E-state index in [1.807, 2.05) is 36.4 Å². The second-order valence-electron chi connectivity index (χ2n) is 6.82. The predicted molar refractivity (Wildman–Crippen MR) is 114 cm³/mol. The number of carbonyl (C=O) groups is 2. The van der Waals surface area contributed by atoms with E-state index in [4.69, 9.17) is 16.3 Å². The lowest BCUT2D eigenvalue weighted by Crippen LogP contribution is -2.38. The average Bonchev–Trinajstić information content (AvgIpc) is 2.74. The van der Waals surface area contributed by atoms with Crippen molar-refractivity contribution in [3.05, 3.63) is 76.9 Å². The van der Waals surface area contributed by atoms with Gasteiger partial charge in [-0.05, 0) is 31.0 Å². The molecule has 3 rings (SSSR count). The number of ether oxygens (including phenoxy) is 1. The van der Waals surface area contributed by atoms with Crippen molar-refractivity contribution in [1.29, 1.82) is 0 Å². The Morgan fingerprint density at radius 2 is 1.79 bits per heavy atom. The lowest BCUT2D eigenvalue weighted by atomic mass is 9.96. The van der Waals surface area contributed by atoms with Gasteiger partial charge in [-0.15, -0.1) is 0 Å². The first-order valence-corrected chi connectivity index (χ1v) is 9.96. The highest BCUT2D eigenvalue weighted by Crippen LogP contribution is 2.22. The van der Waals surface area contributed by atoms with E-state index in [9.17, 15) is 9.59 Å². The van der Waals surface area contributed by atoms with E-state index in [0.29, 0.717) is 17.4 Å². The van der Waals surface area contributed by atoms with Crippen LogP contribution in [0.4, 0.5) is 0 Å². The van der Waals surface area contributed by atoms with Gasteiger partial charge in [0.1, 0.15) is 5.15 Å². The van der Waals surface area contributed by atoms with Crippen LogP contribution in [0, 0.1) is 0 Å². The number of para-hydroxylation sites is 1. The van der Waals surface area contributed by atoms with Gasteiger partial charge in [0.15, 0.2) is 6.10 Å². The number of esters is 1. The molecule has 2 atom stereocenters. The van der Waals surface area contributed by atoms with Gasteiger partial charge >= 0.3 is 5.97 Å². The molecule has 0 bridgehead atoms. The van der Waals surface area contributed by atoms with Crippen molar-refractivity contribution >= 4 is 34.4 Å². The summed E-state index contributed by atoms with van der Waals surface area (Å²) in [7, 11) is 0. The van der Waals surface area contributed by atoms with Gasteiger partial charge in [0.05, 0.1) is 11.1 Å². The number of nitrogens with zero attached hydrogens (tertiary/aromatic N) is 1. The molecule has 150 valence electrons. The topological polar surface area (TPSA) is 68.3 Å². The number of pyridine rings is 1. The SMILES string of the molecule is CC[C@H](CNC(=O)[C@@H](C)OC(=O)c1cc(Cl)nc2ccccc12)c1ccccc1. The molecule has 0 aliphatic heterocycles. The lowest BCUT2D eigenvalue weighted by Gasteiger charge is -2.19. The first kappa shape index (κ1) is 20.8. The quantitative estimate of drug-likeness (QED) is 0.451. The Bertz CT molecular complexity index is 1010. The number of benzene rings is 2. The Kier molecular flexibility index (Phi) is 6.83. The Hall–Kier alpha value is -2.92. The third-order valence-corrected chi connectivity index (χ3v) is 5.04. The summed E-state index contributed by atoms with van der Waals surface area (Å²) in [5.74, 6) is -0.744. The van der Waals surface area contributed by atoms with Gasteiger partial charge in [-0.3, -0.25) is 4.79 Å². The molecule has 6 heteroatoms. The minimum Gasteiger partial charge on any atom is -0.449 e. The Morgan fingerprint density at radius 3 is 2.52 bits per heavy atom. The smallest absolute Gasteiger partial charge is 0.339 e. The maximum Gasteiger partial charge on any atom is 0.339 e. The van der Waals surface area contributed by atoms with E-state index in [0.717, 1.165) is 12.0 Å². The third kappa shape index (κ3) is 5.12. The maximum atomic E-state index is 12.7. The number of carbonyl (C=O) groups excluding carboxylic acids is 2. The van der Waals surface area contributed by atoms with E-state index in [1.165, 1.54) is 6.07 Å². The summed E-state index contributed by atoms with van der Waals surface area (Å²) in [4.78, 5) is 29.3. The van der Waals surface area contributed by atoms with Gasteiger partial charge in [-0.25, -0.2) is 9.78 Å². The summed E-state index contributed by atoms with van der Waals surface area (Å²) in [5, 5.41) is 3.71. The molecule has 1 N–H and O–H groups in total. The molecular formula is C23H23ClN2O3. The molecule has 1 heterocycles. The van der Waals surface area contributed by atoms with Gasteiger partial charge in [0.25, 0.3) is 5.91 Å². The van der Waals surface area contributed by atoms with Crippen molar-refractivity contribution in [3.63, 3.8) is 0 Å². The fraction of sp³-hybridized carbons (Fsp3) is 0.261. The number of fused-ring (bicyclic) bond motifs is 1.